The van der Waals surface area contributed by atoms with E-state index in [1.54, 1.807) is 12.1 Å². The van der Waals surface area contributed by atoms with Gasteiger partial charge in [-0.05, 0) is 23.2 Å². The summed E-state index contributed by atoms with van der Waals surface area (Å²) in [5.41, 5.74) is 1.63. The van der Waals surface area contributed by atoms with Gasteiger partial charge in [-0.25, -0.2) is 0 Å². The number of phenols is 1. The fourth-order valence-electron chi connectivity index (χ4n) is 1.48. The maximum atomic E-state index is 9.77. The molecule has 0 amide bonds. The molecule has 4 heteroatoms. The molecule has 0 radical (unpaired) electrons. The van der Waals surface area contributed by atoms with Crippen molar-refractivity contribution >= 4 is 12.6 Å². The van der Waals surface area contributed by atoms with Gasteiger partial charge < -0.3 is 14.8 Å². The second-order valence-corrected chi connectivity index (χ2v) is 3.74. The zero-order valence-electron chi connectivity index (χ0n) is 9.28. The molecule has 0 saturated carbocycles. The van der Waals surface area contributed by atoms with E-state index in [4.69, 9.17) is 9.76 Å². The van der Waals surface area contributed by atoms with Gasteiger partial charge in [-0.2, -0.15) is 0 Å². The molecule has 0 saturated heterocycles. The molecule has 0 aliphatic rings. The Balaban J connectivity index is 1.93. The van der Waals surface area contributed by atoms with Crippen molar-refractivity contribution < 1.29 is 14.8 Å². The van der Waals surface area contributed by atoms with Gasteiger partial charge in [-0.3, -0.25) is 0 Å². The van der Waals surface area contributed by atoms with Crippen LogP contribution < -0.4 is 5.46 Å². The van der Waals surface area contributed by atoms with Crippen LogP contribution in [0.3, 0.4) is 0 Å². The van der Waals surface area contributed by atoms with E-state index < -0.39 is 7.12 Å². The average Bonchev–Trinajstić information content (AvgIpc) is 2.38. The molecule has 2 aromatic rings. The molecule has 0 bridgehead atoms. The SMILES string of the molecule is OB(OCc1ccccc1)c1ccc(O)cc1. The molecular formula is C13H13BO3. The normalized spacial score (nSPS) is 10.2. The molecule has 0 aliphatic heterocycles. The molecule has 2 rings (SSSR count). The van der Waals surface area contributed by atoms with Crippen molar-refractivity contribution in [3.05, 3.63) is 60.2 Å². The van der Waals surface area contributed by atoms with Gasteiger partial charge in [0, 0.05) is 0 Å². The molecule has 3 nitrogen and oxygen atoms in total. The van der Waals surface area contributed by atoms with Crippen LogP contribution in [0.4, 0.5) is 0 Å². The lowest BCUT2D eigenvalue weighted by atomic mass is 9.79. The maximum absolute atomic E-state index is 9.77. The van der Waals surface area contributed by atoms with Crippen LogP contribution in [-0.4, -0.2) is 17.2 Å². The highest BCUT2D eigenvalue weighted by atomic mass is 16.5. The lowest BCUT2D eigenvalue weighted by molar-refractivity contribution is 0.259. The van der Waals surface area contributed by atoms with Crippen molar-refractivity contribution in [1.82, 2.24) is 0 Å². The van der Waals surface area contributed by atoms with E-state index in [0.29, 0.717) is 12.1 Å². The molecule has 17 heavy (non-hydrogen) atoms. The van der Waals surface area contributed by atoms with E-state index in [1.807, 2.05) is 30.3 Å². The topological polar surface area (TPSA) is 49.7 Å². The largest absolute Gasteiger partial charge is 0.508 e. The zero-order chi connectivity index (χ0) is 12.1. The fraction of sp³-hybridized carbons (Fsp3) is 0.0769. The van der Waals surface area contributed by atoms with Gasteiger partial charge in [0.25, 0.3) is 0 Å². The number of rotatable bonds is 4. The standard InChI is InChI=1S/C13H13BO3/c15-13-8-6-12(7-9-13)14(16)17-10-11-4-2-1-3-5-11/h1-9,15-16H,10H2. The quantitative estimate of drug-likeness (QED) is 0.775. The minimum atomic E-state index is -0.976. The summed E-state index contributed by atoms with van der Waals surface area (Å²) >= 11 is 0. The zero-order valence-corrected chi connectivity index (χ0v) is 9.28. The van der Waals surface area contributed by atoms with Crippen LogP contribution >= 0.6 is 0 Å². The first kappa shape index (κ1) is 11.7. The van der Waals surface area contributed by atoms with E-state index >= 15 is 0 Å². The molecule has 0 atom stereocenters. The molecular weight excluding hydrogens is 215 g/mol. The molecule has 86 valence electrons. The third-order valence-corrected chi connectivity index (χ3v) is 2.43. The number of benzene rings is 2. The molecule has 0 aromatic heterocycles. The van der Waals surface area contributed by atoms with Crippen LogP contribution in [0.15, 0.2) is 54.6 Å². The Morgan fingerprint density at radius 1 is 0.941 bits per heavy atom. The van der Waals surface area contributed by atoms with Crippen molar-refractivity contribution in [2.75, 3.05) is 0 Å². The Morgan fingerprint density at radius 3 is 2.24 bits per heavy atom. The van der Waals surface area contributed by atoms with Gasteiger partial charge in [0.15, 0.2) is 0 Å². The maximum Gasteiger partial charge on any atom is 0.491 e. The van der Waals surface area contributed by atoms with Crippen molar-refractivity contribution in [3.63, 3.8) is 0 Å². The molecule has 0 fully saturated rings. The minimum absolute atomic E-state index is 0.170. The van der Waals surface area contributed by atoms with Crippen LogP contribution in [0.5, 0.6) is 5.75 Å². The number of phenolic OH excluding ortho intramolecular Hbond substituents is 1. The van der Waals surface area contributed by atoms with Gasteiger partial charge in [0.2, 0.25) is 0 Å². The summed E-state index contributed by atoms with van der Waals surface area (Å²) in [7, 11) is -0.976. The Hall–Kier alpha value is -1.78. The Morgan fingerprint density at radius 2 is 1.59 bits per heavy atom. The second kappa shape index (κ2) is 5.52. The third-order valence-electron chi connectivity index (χ3n) is 2.43. The molecule has 2 N–H and O–H groups in total. The lowest BCUT2D eigenvalue weighted by Gasteiger charge is -2.08. The van der Waals surface area contributed by atoms with Gasteiger partial charge in [0.05, 0.1) is 6.61 Å². The second-order valence-electron chi connectivity index (χ2n) is 3.74. The van der Waals surface area contributed by atoms with Crippen LogP contribution in [0.1, 0.15) is 5.56 Å². The van der Waals surface area contributed by atoms with Crippen molar-refractivity contribution in [3.8, 4) is 5.75 Å². The van der Waals surface area contributed by atoms with Crippen LogP contribution in [0.2, 0.25) is 0 Å². The average molecular weight is 228 g/mol. The number of hydrogen-bond acceptors (Lipinski definition) is 3. The van der Waals surface area contributed by atoms with Crippen LogP contribution in [0.25, 0.3) is 0 Å². The predicted molar refractivity (Wildman–Crippen MR) is 66.9 cm³/mol. The number of aromatic hydroxyl groups is 1. The fourth-order valence-corrected chi connectivity index (χ4v) is 1.48. The summed E-state index contributed by atoms with van der Waals surface area (Å²) in [5.74, 6) is 0.170. The van der Waals surface area contributed by atoms with Crippen LogP contribution in [-0.2, 0) is 11.3 Å². The van der Waals surface area contributed by atoms with E-state index in [0.717, 1.165) is 5.56 Å². The van der Waals surface area contributed by atoms with Crippen LogP contribution in [0, 0.1) is 0 Å². The number of hydrogen-bond donors (Lipinski definition) is 2. The highest BCUT2D eigenvalue weighted by molar-refractivity contribution is 6.59. The summed E-state index contributed by atoms with van der Waals surface area (Å²) in [6, 6.07) is 15.9. The summed E-state index contributed by atoms with van der Waals surface area (Å²) in [6.45, 7) is 0.350. The first-order valence-corrected chi connectivity index (χ1v) is 5.38. The predicted octanol–water partition coefficient (Wildman–Crippen LogP) is 1.30. The van der Waals surface area contributed by atoms with Crippen molar-refractivity contribution in [2.24, 2.45) is 0 Å². The van der Waals surface area contributed by atoms with E-state index in [2.05, 4.69) is 0 Å². The third kappa shape index (κ3) is 3.34. The van der Waals surface area contributed by atoms with E-state index in [-0.39, 0.29) is 5.75 Å². The molecule has 0 spiro atoms. The molecule has 2 aromatic carbocycles. The van der Waals surface area contributed by atoms with Gasteiger partial charge >= 0.3 is 7.12 Å². The summed E-state index contributed by atoms with van der Waals surface area (Å²) in [5, 5.41) is 18.9. The highest BCUT2D eigenvalue weighted by Gasteiger charge is 2.15. The van der Waals surface area contributed by atoms with Crippen molar-refractivity contribution in [2.45, 2.75) is 6.61 Å². The van der Waals surface area contributed by atoms with Gasteiger partial charge in [0.1, 0.15) is 5.75 Å². The van der Waals surface area contributed by atoms with Crippen molar-refractivity contribution in [1.29, 1.82) is 0 Å². The van der Waals surface area contributed by atoms with Gasteiger partial charge in [-0.1, -0.05) is 42.5 Å². The Kier molecular flexibility index (Phi) is 3.80. The monoisotopic (exact) mass is 228 g/mol. The first-order valence-electron chi connectivity index (χ1n) is 5.38. The van der Waals surface area contributed by atoms with Gasteiger partial charge in [-0.15, -0.1) is 0 Å². The molecule has 0 aliphatic carbocycles. The summed E-state index contributed by atoms with van der Waals surface area (Å²) in [4.78, 5) is 0. The van der Waals surface area contributed by atoms with E-state index in [9.17, 15) is 5.02 Å². The summed E-state index contributed by atoms with van der Waals surface area (Å²) in [6.07, 6.45) is 0. The Labute approximate surface area is 100 Å². The Bertz CT molecular complexity index is 456. The minimum Gasteiger partial charge on any atom is -0.508 e. The smallest absolute Gasteiger partial charge is 0.491 e. The summed E-state index contributed by atoms with van der Waals surface area (Å²) < 4.78 is 5.33. The molecule has 0 unspecified atom stereocenters. The lowest BCUT2D eigenvalue weighted by Crippen LogP contribution is -2.33. The first-order chi connectivity index (χ1) is 8.25. The van der Waals surface area contributed by atoms with E-state index in [1.165, 1.54) is 12.1 Å². The highest BCUT2D eigenvalue weighted by Crippen LogP contribution is 2.05. The molecule has 0 heterocycles.